The molecule has 3 aromatic carbocycles. The Hall–Kier alpha value is -2.65. The van der Waals surface area contributed by atoms with Crippen molar-refractivity contribution in [2.75, 3.05) is 13.1 Å². The van der Waals surface area contributed by atoms with E-state index >= 15 is 0 Å². The quantitative estimate of drug-likeness (QED) is 0.758. The third-order valence-electron chi connectivity index (χ3n) is 5.34. The molecule has 2 atom stereocenters. The summed E-state index contributed by atoms with van der Waals surface area (Å²) in [4.78, 5) is 14.5. The number of carbonyl (C=O) groups excluding carboxylic acids is 1. The number of aliphatic hydroxyl groups excluding tert-OH is 1. The van der Waals surface area contributed by atoms with E-state index < -0.39 is 6.10 Å². The van der Waals surface area contributed by atoms with Gasteiger partial charge in [0.05, 0.1) is 6.10 Å². The Balaban J connectivity index is 1.51. The molecule has 1 aliphatic heterocycles. The molecule has 0 spiro atoms. The van der Waals surface area contributed by atoms with Crippen LogP contribution < -0.4 is 0 Å². The molecule has 1 heterocycles. The second-order valence-electron chi connectivity index (χ2n) is 7.19. The van der Waals surface area contributed by atoms with Crippen LogP contribution in [0.1, 0.15) is 33.8 Å². The van der Waals surface area contributed by atoms with E-state index in [0.717, 1.165) is 17.5 Å². The first-order valence-electron chi connectivity index (χ1n) is 9.14. The van der Waals surface area contributed by atoms with Crippen molar-refractivity contribution in [1.82, 2.24) is 4.90 Å². The van der Waals surface area contributed by atoms with Gasteiger partial charge in [-0.05, 0) is 41.8 Å². The molecule has 3 heteroatoms. The summed E-state index contributed by atoms with van der Waals surface area (Å²) in [6.07, 6.45) is 0.232. The summed E-state index contributed by atoms with van der Waals surface area (Å²) < 4.78 is 0. The Morgan fingerprint density at radius 2 is 1.81 bits per heavy atom. The van der Waals surface area contributed by atoms with Gasteiger partial charge in [-0.2, -0.15) is 0 Å². The lowest BCUT2D eigenvalue weighted by Crippen LogP contribution is -2.45. The zero-order valence-electron chi connectivity index (χ0n) is 14.9. The molecule has 1 amide bonds. The van der Waals surface area contributed by atoms with Crippen LogP contribution >= 0.6 is 0 Å². The van der Waals surface area contributed by atoms with Crippen LogP contribution in [0.15, 0.2) is 66.7 Å². The number of aliphatic hydroxyl groups is 1. The number of amides is 1. The van der Waals surface area contributed by atoms with E-state index in [1.54, 1.807) is 4.90 Å². The van der Waals surface area contributed by atoms with Crippen LogP contribution in [0.2, 0.25) is 0 Å². The average molecular weight is 345 g/mol. The first-order chi connectivity index (χ1) is 12.6. The normalized spacial score (nSPS) is 20.3. The highest BCUT2D eigenvalue weighted by molar-refractivity contribution is 5.94. The van der Waals surface area contributed by atoms with Crippen molar-refractivity contribution in [3.8, 4) is 0 Å². The number of benzene rings is 3. The molecule has 1 fully saturated rings. The van der Waals surface area contributed by atoms with Gasteiger partial charge in [0.2, 0.25) is 0 Å². The third kappa shape index (κ3) is 3.23. The van der Waals surface area contributed by atoms with Crippen molar-refractivity contribution < 1.29 is 9.90 Å². The maximum Gasteiger partial charge on any atom is 0.253 e. The number of nitrogens with zero attached hydrogens (tertiary/aromatic N) is 1. The topological polar surface area (TPSA) is 40.5 Å². The average Bonchev–Trinajstić information content (AvgIpc) is 2.67. The van der Waals surface area contributed by atoms with Crippen molar-refractivity contribution >= 4 is 16.7 Å². The van der Waals surface area contributed by atoms with Crippen molar-refractivity contribution in [3.63, 3.8) is 0 Å². The predicted octanol–water partition coefficient (Wildman–Crippen LogP) is 4.14. The summed E-state index contributed by atoms with van der Waals surface area (Å²) in [6.45, 7) is 3.03. The minimum Gasteiger partial charge on any atom is -0.391 e. The molecule has 0 aromatic heterocycles. The standard InChI is InChI=1S/C23H23NO2/c1-16-5-4-8-20(13-16)23(26)24-12-11-21(22(25)15-24)19-10-9-17-6-2-3-7-18(17)14-19/h2-10,13-14,21-22,25H,11-12,15H2,1H3/t21-,22+/m0/s1. The summed E-state index contributed by atoms with van der Waals surface area (Å²) in [5.41, 5.74) is 2.92. The molecule has 26 heavy (non-hydrogen) atoms. The highest BCUT2D eigenvalue weighted by atomic mass is 16.3. The van der Waals surface area contributed by atoms with Gasteiger partial charge in [-0.25, -0.2) is 0 Å². The number of piperidine rings is 1. The molecule has 0 unspecified atom stereocenters. The molecule has 1 aliphatic rings. The van der Waals surface area contributed by atoms with Crippen molar-refractivity contribution in [3.05, 3.63) is 83.4 Å². The zero-order valence-corrected chi connectivity index (χ0v) is 14.9. The maximum absolute atomic E-state index is 12.7. The summed E-state index contributed by atoms with van der Waals surface area (Å²) in [5.74, 6) is 0.0749. The summed E-state index contributed by atoms with van der Waals surface area (Å²) in [5, 5.41) is 13.1. The Morgan fingerprint density at radius 1 is 1.00 bits per heavy atom. The SMILES string of the molecule is Cc1cccc(C(=O)N2CC[C@@H](c3ccc4ccccc4c3)[C@H](O)C2)c1. The highest BCUT2D eigenvalue weighted by Crippen LogP contribution is 2.31. The van der Waals surface area contributed by atoms with Crippen molar-refractivity contribution in [2.24, 2.45) is 0 Å². The minimum absolute atomic E-state index is 0.00436. The Labute approximate surface area is 153 Å². The zero-order chi connectivity index (χ0) is 18.1. The van der Waals surface area contributed by atoms with Crippen LogP contribution in [0.25, 0.3) is 10.8 Å². The Bertz CT molecular complexity index is 950. The van der Waals surface area contributed by atoms with Crippen LogP contribution in [0.3, 0.4) is 0 Å². The molecule has 132 valence electrons. The molecule has 0 saturated carbocycles. The fourth-order valence-corrected chi connectivity index (χ4v) is 3.90. The summed E-state index contributed by atoms with van der Waals surface area (Å²) in [7, 11) is 0. The first kappa shape index (κ1) is 16.8. The van der Waals surface area contributed by atoms with Crippen LogP contribution in [0, 0.1) is 6.92 Å². The van der Waals surface area contributed by atoms with Crippen molar-refractivity contribution in [1.29, 1.82) is 0 Å². The number of carbonyl (C=O) groups is 1. The van der Waals surface area contributed by atoms with E-state index in [1.807, 2.05) is 43.3 Å². The maximum atomic E-state index is 12.7. The van der Waals surface area contributed by atoms with Gasteiger partial charge in [0.15, 0.2) is 0 Å². The first-order valence-corrected chi connectivity index (χ1v) is 9.14. The van der Waals surface area contributed by atoms with Crippen molar-refractivity contribution in [2.45, 2.75) is 25.4 Å². The number of rotatable bonds is 2. The van der Waals surface area contributed by atoms with Crippen LogP contribution in [-0.4, -0.2) is 35.1 Å². The lowest BCUT2D eigenvalue weighted by Gasteiger charge is -2.36. The molecule has 0 aliphatic carbocycles. The van der Waals surface area contributed by atoms with E-state index in [9.17, 15) is 9.90 Å². The van der Waals surface area contributed by atoms with E-state index in [1.165, 1.54) is 10.8 Å². The molecule has 0 bridgehead atoms. The van der Waals surface area contributed by atoms with E-state index in [-0.39, 0.29) is 11.8 Å². The van der Waals surface area contributed by atoms with Crippen LogP contribution in [0.5, 0.6) is 0 Å². The van der Waals surface area contributed by atoms with Gasteiger partial charge in [0, 0.05) is 24.6 Å². The van der Waals surface area contributed by atoms with E-state index in [2.05, 4.69) is 30.3 Å². The van der Waals surface area contributed by atoms with Gasteiger partial charge in [-0.3, -0.25) is 4.79 Å². The van der Waals surface area contributed by atoms with E-state index in [4.69, 9.17) is 0 Å². The number of aryl methyl sites for hydroxylation is 1. The molecule has 4 rings (SSSR count). The lowest BCUT2D eigenvalue weighted by atomic mass is 9.86. The largest absolute Gasteiger partial charge is 0.391 e. The molecular weight excluding hydrogens is 322 g/mol. The van der Waals surface area contributed by atoms with Gasteiger partial charge in [-0.15, -0.1) is 0 Å². The molecule has 0 radical (unpaired) electrons. The molecule has 1 N–H and O–H groups in total. The van der Waals surface area contributed by atoms with Gasteiger partial charge >= 0.3 is 0 Å². The smallest absolute Gasteiger partial charge is 0.253 e. The molecule has 3 nitrogen and oxygen atoms in total. The highest BCUT2D eigenvalue weighted by Gasteiger charge is 2.31. The minimum atomic E-state index is -0.543. The van der Waals surface area contributed by atoms with Crippen LogP contribution in [-0.2, 0) is 0 Å². The second-order valence-corrected chi connectivity index (χ2v) is 7.19. The molecule has 1 saturated heterocycles. The molecular formula is C23H23NO2. The predicted molar refractivity (Wildman–Crippen MR) is 104 cm³/mol. The van der Waals surface area contributed by atoms with Crippen LogP contribution in [0.4, 0.5) is 0 Å². The third-order valence-corrected chi connectivity index (χ3v) is 5.34. The fraction of sp³-hybridized carbons (Fsp3) is 0.261. The Kier molecular flexibility index (Phi) is 4.48. The summed E-state index contributed by atoms with van der Waals surface area (Å²) in [6, 6.07) is 22.3. The number of hydrogen-bond acceptors (Lipinski definition) is 2. The van der Waals surface area contributed by atoms with Gasteiger partial charge in [-0.1, -0.05) is 60.2 Å². The number of hydrogen-bond donors (Lipinski definition) is 1. The lowest BCUT2D eigenvalue weighted by molar-refractivity contribution is 0.0382. The number of β-amino-alcohol motifs (C(OH)–C–C–N with tert-alkyl or cyclic N) is 1. The van der Waals surface area contributed by atoms with Gasteiger partial charge in [0.1, 0.15) is 0 Å². The van der Waals surface area contributed by atoms with E-state index in [0.29, 0.717) is 18.7 Å². The fourth-order valence-electron chi connectivity index (χ4n) is 3.90. The number of fused-ring (bicyclic) bond motifs is 1. The second kappa shape index (κ2) is 6.93. The monoisotopic (exact) mass is 345 g/mol. The number of likely N-dealkylation sites (tertiary alicyclic amines) is 1. The van der Waals surface area contributed by atoms with Gasteiger partial charge in [0.25, 0.3) is 5.91 Å². The van der Waals surface area contributed by atoms with Gasteiger partial charge < -0.3 is 10.0 Å². The summed E-state index contributed by atoms with van der Waals surface area (Å²) >= 11 is 0. The molecule has 3 aromatic rings. The Morgan fingerprint density at radius 3 is 2.58 bits per heavy atom.